The van der Waals surface area contributed by atoms with Gasteiger partial charge in [-0.15, -0.1) is 0 Å². The van der Waals surface area contributed by atoms with Crippen LogP contribution in [0.25, 0.3) is 0 Å². The fraction of sp³-hybridized carbons (Fsp3) is 0.656. The number of aliphatic hydroxyl groups is 1. The van der Waals surface area contributed by atoms with Crippen LogP contribution in [0.3, 0.4) is 0 Å². The predicted octanol–water partition coefficient (Wildman–Crippen LogP) is 1.24. The molecule has 2 saturated carbocycles. The first kappa shape index (κ1) is 32.8. The molecule has 1 aromatic carbocycles. The van der Waals surface area contributed by atoms with Gasteiger partial charge in [0.25, 0.3) is 0 Å². The largest absolute Gasteiger partial charge is 0.507 e. The van der Waals surface area contributed by atoms with Crippen molar-refractivity contribution in [2.24, 2.45) is 34.8 Å². The summed E-state index contributed by atoms with van der Waals surface area (Å²) in [5, 5.41) is 26.5. The minimum atomic E-state index is -2.74. The SMILES string of the molecule is CN(C)c1c(CNC(C)(C)CC(C)(C)C)cc(O)c2c1C[C@H]1C[C@H]3[C@H](N(C)C)C(=O)C(C(N)=O)C(=O)[C@@]3(O)C(=O)C1C2=O. The molecule has 0 heterocycles. The number of anilines is 1. The fourth-order valence-corrected chi connectivity index (χ4v) is 8.14. The van der Waals surface area contributed by atoms with Crippen molar-refractivity contribution in [3.05, 3.63) is 22.8 Å². The van der Waals surface area contributed by atoms with Crippen molar-refractivity contribution in [1.82, 2.24) is 10.2 Å². The Morgan fingerprint density at radius 3 is 2.19 bits per heavy atom. The summed E-state index contributed by atoms with van der Waals surface area (Å²) in [5.74, 6) is -10.5. The smallest absolute Gasteiger partial charge is 0.235 e. The number of nitrogens with two attached hydrogens (primary N) is 1. The van der Waals surface area contributed by atoms with Gasteiger partial charge in [0.05, 0.1) is 17.5 Å². The standard InChI is InChI=1S/C32H46N4O7/c1-30(2,3)14-31(4,5)34-13-16-12-19(37)21-17(23(16)35(6)7)10-15-11-18-24(36(8)9)26(39)22(29(33)42)28(41)32(18,43)27(40)20(15)25(21)38/h12,15,18,20,22,24,34,37,43H,10-11,13-14H2,1-9H3,(H2,33,42)/t15-,18-,20?,22?,24-,32-/m0/s1. The molecule has 4 rings (SSSR count). The lowest BCUT2D eigenvalue weighted by Crippen LogP contribution is -2.74. The number of carbonyl (C=O) groups excluding carboxylic acids is 5. The summed E-state index contributed by atoms with van der Waals surface area (Å²) in [7, 11) is 6.83. The second-order valence-electron chi connectivity index (χ2n) is 14.9. The van der Waals surface area contributed by atoms with Gasteiger partial charge in [-0.25, -0.2) is 0 Å². The average Bonchev–Trinajstić information content (AvgIpc) is 2.82. The first-order chi connectivity index (χ1) is 19.6. The molecule has 5 N–H and O–H groups in total. The van der Waals surface area contributed by atoms with Gasteiger partial charge in [0.15, 0.2) is 34.7 Å². The molecule has 2 fully saturated rings. The number of hydrogen-bond acceptors (Lipinski definition) is 10. The van der Waals surface area contributed by atoms with Crippen LogP contribution >= 0.6 is 0 Å². The molecule has 0 aromatic heterocycles. The van der Waals surface area contributed by atoms with E-state index in [9.17, 15) is 34.2 Å². The van der Waals surface area contributed by atoms with E-state index in [-0.39, 0.29) is 35.1 Å². The van der Waals surface area contributed by atoms with E-state index in [2.05, 4.69) is 39.9 Å². The van der Waals surface area contributed by atoms with E-state index in [1.165, 1.54) is 11.0 Å². The lowest BCUT2D eigenvalue weighted by atomic mass is 9.52. The van der Waals surface area contributed by atoms with Gasteiger partial charge in [-0.05, 0) is 75.7 Å². The average molecular weight is 599 g/mol. The molecule has 3 aliphatic rings. The number of amides is 1. The summed E-state index contributed by atoms with van der Waals surface area (Å²) in [6, 6.07) is 0.399. The molecule has 11 heteroatoms. The Morgan fingerprint density at radius 1 is 1.07 bits per heavy atom. The number of aromatic hydroxyl groups is 1. The van der Waals surface area contributed by atoms with Gasteiger partial charge in [-0.2, -0.15) is 0 Å². The summed E-state index contributed by atoms with van der Waals surface area (Å²) in [6.07, 6.45) is 1.12. The van der Waals surface area contributed by atoms with Gasteiger partial charge in [0.1, 0.15) is 5.75 Å². The Kier molecular flexibility index (Phi) is 8.21. The third-order valence-electron chi connectivity index (χ3n) is 9.29. The quantitative estimate of drug-likeness (QED) is 0.335. The van der Waals surface area contributed by atoms with E-state index < -0.39 is 64.4 Å². The molecule has 1 aromatic rings. The van der Waals surface area contributed by atoms with Crippen LogP contribution < -0.4 is 16.0 Å². The van der Waals surface area contributed by atoms with Gasteiger partial charge >= 0.3 is 0 Å². The molecule has 43 heavy (non-hydrogen) atoms. The number of likely N-dealkylation sites (N-methyl/N-ethyl adjacent to an activating group) is 1. The predicted molar refractivity (Wildman–Crippen MR) is 161 cm³/mol. The molecule has 1 amide bonds. The summed E-state index contributed by atoms with van der Waals surface area (Å²) < 4.78 is 0. The van der Waals surface area contributed by atoms with Crippen LogP contribution in [0.5, 0.6) is 5.75 Å². The number of nitrogens with zero attached hydrogens (tertiary/aromatic N) is 2. The molecular formula is C32H46N4O7. The zero-order chi connectivity index (χ0) is 32.6. The molecule has 11 nitrogen and oxygen atoms in total. The Hall–Kier alpha value is -3.15. The first-order valence-corrected chi connectivity index (χ1v) is 14.8. The lowest BCUT2D eigenvalue weighted by Gasteiger charge is -2.52. The summed E-state index contributed by atoms with van der Waals surface area (Å²) in [6.45, 7) is 11.2. The summed E-state index contributed by atoms with van der Waals surface area (Å²) in [5.41, 5.74) is 4.63. The second kappa shape index (κ2) is 10.8. The number of phenols is 1. The van der Waals surface area contributed by atoms with E-state index in [1.54, 1.807) is 14.1 Å². The van der Waals surface area contributed by atoms with Crippen LogP contribution in [-0.2, 0) is 32.1 Å². The molecule has 236 valence electrons. The number of fused-ring (bicyclic) bond motifs is 3. The normalized spacial score (nSPS) is 29.3. The van der Waals surface area contributed by atoms with Crippen LogP contribution in [0.2, 0.25) is 0 Å². The van der Waals surface area contributed by atoms with E-state index in [0.29, 0.717) is 12.1 Å². The first-order valence-electron chi connectivity index (χ1n) is 14.8. The van der Waals surface area contributed by atoms with Crippen molar-refractivity contribution >= 4 is 34.7 Å². The maximum Gasteiger partial charge on any atom is 0.235 e. The van der Waals surface area contributed by atoms with E-state index in [0.717, 1.165) is 17.7 Å². The monoisotopic (exact) mass is 598 g/mol. The number of rotatable bonds is 7. The van der Waals surface area contributed by atoms with Crippen LogP contribution in [0.4, 0.5) is 5.69 Å². The van der Waals surface area contributed by atoms with Gasteiger partial charge in [0.2, 0.25) is 5.91 Å². The third-order valence-corrected chi connectivity index (χ3v) is 9.29. The Labute approximate surface area is 253 Å². The maximum atomic E-state index is 14.1. The minimum Gasteiger partial charge on any atom is -0.507 e. The second-order valence-corrected chi connectivity index (χ2v) is 14.9. The van der Waals surface area contributed by atoms with Crippen LogP contribution in [-0.4, -0.2) is 89.5 Å². The number of ketones is 4. The molecule has 3 aliphatic carbocycles. The van der Waals surface area contributed by atoms with Gasteiger partial charge in [0, 0.05) is 37.8 Å². The Morgan fingerprint density at radius 2 is 1.67 bits per heavy atom. The van der Waals surface area contributed by atoms with Crippen molar-refractivity contribution < 1.29 is 34.2 Å². The van der Waals surface area contributed by atoms with Crippen molar-refractivity contribution in [2.45, 2.75) is 77.6 Å². The van der Waals surface area contributed by atoms with Crippen LogP contribution in [0.15, 0.2) is 6.07 Å². The van der Waals surface area contributed by atoms with Crippen molar-refractivity contribution in [3.63, 3.8) is 0 Å². The highest BCUT2D eigenvalue weighted by molar-refractivity contribution is 6.32. The van der Waals surface area contributed by atoms with E-state index in [4.69, 9.17) is 5.73 Å². The maximum absolute atomic E-state index is 14.1. The topological polar surface area (TPSA) is 170 Å². The van der Waals surface area contributed by atoms with Gasteiger partial charge in [-0.3, -0.25) is 28.9 Å². The molecule has 0 bridgehead atoms. The Bertz CT molecular complexity index is 1390. The van der Waals surface area contributed by atoms with Crippen molar-refractivity contribution in [1.29, 1.82) is 0 Å². The highest BCUT2D eigenvalue weighted by Gasteiger charge is 2.69. The highest BCUT2D eigenvalue weighted by atomic mass is 16.3. The van der Waals surface area contributed by atoms with Crippen molar-refractivity contribution in [2.75, 3.05) is 33.1 Å². The van der Waals surface area contributed by atoms with Gasteiger partial charge < -0.3 is 26.2 Å². The molecule has 0 aliphatic heterocycles. The summed E-state index contributed by atoms with van der Waals surface area (Å²) in [4.78, 5) is 70.4. The number of Topliss-reactive ketones (excluding diaryl/α,β-unsaturated/α-hetero) is 4. The number of hydrogen-bond donors (Lipinski definition) is 4. The number of nitrogens with one attached hydrogen (secondary N) is 1. The number of carbonyl (C=O) groups is 5. The van der Waals surface area contributed by atoms with Crippen molar-refractivity contribution in [3.8, 4) is 5.75 Å². The lowest BCUT2D eigenvalue weighted by molar-refractivity contribution is -0.181. The Balaban J connectivity index is 1.80. The zero-order valence-electron chi connectivity index (χ0n) is 26.7. The fourth-order valence-electron chi connectivity index (χ4n) is 8.14. The summed E-state index contributed by atoms with van der Waals surface area (Å²) >= 11 is 0. The number of benzene rings is 1. The van der Waals surface area contributed by atoms with Crippen LogP contribution in [0, 0.1) is 29.1 Å². The third kappa shape index (κ3) is 5.40. The molecule has 6 atom stereocenters. The van der Waals surface area contributed by atoms with E-state index >= 15 is 0 Å². The van der Waals surface area contributed by atoms with E-state index in [1.807, 2.05) is 19.0 Å². The highest BCUT2D eigenvalue weighted by Crippen LogP contribution is 2.52. The molecule has 0 saturated heterocycles. The molecule has 0 spiro atoms. The van der Waals surface area contributed by atoms with Crippen LogP contribution in [0.1, 0.15) is 68.9 Å². The molecule has 2 unspecified atom stereocenters. The minimum absolute atomic E-state index is 0.00648. The van der Waals surface area contributed by atoms with Gasteiger partial charge in [-0.1, -0.05) is 20.8 Å². The number of primary amides is 1. The number of phenolic OH excluding ortho intramolecular Hbond substituents is 1. The zero-order valence-corrected chi connectivity index (χ0v) is 26.7. The molecular weight excluding hydrogens is 552 g/mol. The molecule has 0 radical (unpaired) electrons.